The van der Waals surface area contributed by atoms with Crippen molar-refractivity contribution in [1.82, 2.24) is 0 Å². The highest BCUT2D eigenvalue weighted by Crippen LogP contribution is 2.40. The summed E-state index contributed by atoms with van der Waals surface area (Å²) in [7, 11) is 0. The van der Waals surface area contributed by atoms with Crippen molar-refractivity contribution in [3.05, 3.63) is 33.9 Å². The quantitative estimate of drug-likeness (QED) is 0.652. The molecule has 1 N–H and O–H groups in total. The van der Waals surface area contributed by atoms with Crippen molar-refractivity contribution in [1.29, 1.82) is 0 Å². The molecule has 1 aliphatic carbocycles. The first-order valence-corrected chi connectivity index (χ1v) is 6.45. The molecule has 0 spiro atoms. The predicted octanol–water partition coefficient (Wildman–Crippen LogP) is 4.21. The molecule has 1 saturated carbocycles. The van der Waals surface area contributed by atoms with Crippen LogP contribution in [0.1, 0.15) is 31.7 Å². The van der Waals surface area contributed by atoms with Gasteiger partial charge in [-0.15, -0.1) is 0 Å². The van der Waals surface area contributed by atoms with E-state index in [2.05, 4.69) is 12.2 Å². The lowest BCUT2D eigenvalue weighted by atomic mass is 10.1. The summed E-state index contributed by atoms with van der Waals surface area (Å²) in [6.07, 6.45) is -1.62. The number of hydrogen-bond acceptors (Lipinski definition) is 3. The van der Waals surface area contributed by atoms with E-state index >= 15 is 0 Å². The second-order valence-corrected chi connectivity index (χ2v) is 5.02. The van der Waals surface area contributed by atoms with Crippen molar-refractivity contribution >= 4 is 11.4 Å². The number of halogens is 3. The van der Waals surface area contributed by atoms with Crippen LogP contribution < -0.4 is 5.32 Å². The lowest BCUT2D eigenvalue weighted by Gasteiger charge is -2.10. The molecular formula is C13H15F3N2O2. The minimum absolute atomic E-state index is 0.130. The number of rotatable bonds is 5. The van der Waals surface area contributed by atoms with Crippen LogP contribution in [0.5, 0.6) is 0 Å². The Morgan fingerprint density at radius 1 is 1.45 bits per heavy atom. The van der Waals surface area contributed by atoms with Gasteiger partial charge in [-0.2, -0.15) is 13.2 Å². The number of anilines is 1. The second-order valence-electron chi connectivity index (χ2n) is 5.02. The van der Waals surface area contributed by atoms with Gasteiger partial charge in [0, 0.05) is 12.1 Å². The van der Waals surface area contributed by atoms with E-state index in [-0.39, 0.29) is 11.7 Å². The van der Waals surface area contributed by atoms with E-state index in [0.29, 0.717) is 12.0 Å². The van der Waals surface area contributed by atoms with Gasteiger partial charge in [-0.05, 0) is 30.9 Å². The molecule has 2 rings (SSSR count). The molecule has 2 atom stereocenters. The van der Waals surface area contributed by atoms with Crippen LogP contribution in [0, 0.1) is 16.0 Å². The van der Waals surface area contributed by atoms with E-state index in [1.807, 2.05) is 0 Å². The zero-order chi connectivity index (χ0) is 14.9. The fourth-order valence-corrected chi connectivity index (χ4v) is 2.30. The van der Waals surface area contributed by atoms with Crippen LogP contribution >= 0.6 is 0 Å². The van der Waals surface area contributed by atoms with E-state index in [4.69, 9.17) is 0 Å². The Balaban J connectivity index is 2.19. The smallest absolute Gasteiger partial charge is 0.376 e. The first kappa shape index (κ1) is 14.6. The summed E-state index contributed by atoms with van der Waals surface area (Å²) in [5.41, 5.74) is -1.37. The standard InChI is InChI=1S/C13H15F3N2O2/c1-2-3-8-6-11(8)17-10-5-4-9(13(14,15)16)7-12(10)18(19)20/h4-5,7-8,11,17H,2-3,6H2,1H3. The zero-order valence-corrected chi connectivity index (χ0v) is 10.9. The van der Waals surface area contributed by atoms with Gasteiger partial charge in [0.15, 0.2) is 0 Å². The average Bonchev–Trinajstić information content (AvgIpc) is 3.06. The van der Waals surface area contributed by atoms with Gasteiger partial charge in [-0.1, -0.05) is 13.3 Å². The van der Waals surface area contributed by atoms with Gasteiger partial charge in [0.25, 0.3) is 5.69 Å². The van der Waals surface area contributed by atoms with Crippen LogP contribution in [0.4, 0.5) is 24.5 Å². The maximum atomic E-state index is 12.6. The maximum Gasteiger partial charge on any atom is 0.416 e. The van der Waals surface area contributed by atoms with Crippen LogP contribution in [-0.2, 0) is 6.18 Å². The Bertz CT molecular complexity index is 517. The van der Waals surface area contributed by atoms with Crippen molar-refractivity contribution in [2.75, 3.05) is 5.32 Å². The van der Waals surface area contributed by atoms with E-state index in [9.17, 15) is 23.3 Å². The SMILES string of the molecule is CCCC1CC1Nc1ccc(C(F)(F)F)cc1[N+](=O)[O-]. The lowest BCUT2D eigenvalue weighted by molar-refractivity contribution is -0.384. The lowest BCUT2D eigenvalue weighted by Crippen LogP contribution is -2.10. The molecule has 0 radical (unpaired) electrons. The normalized spacial score (nSPS) is 21.6. The third kappa shape index (κ3) is 3.20. The Morgan fingerprint density at radius 3 is 2.70 bits per heavy atom. The summed E-state index contributed by atoms with van der Waals surface area (Å²) in [4.78, 5) is 10.1. The second kappa shape index (κ2) is 5.30. The highest BCUT2D eigenvalue weighted by atomic mass is 19.4. The number of nitrogens with one attached hydrogen (secondary N) is 1. The van der Waals surface area contributed by atoms with Gasteiger partial charge in [0.2, 0.25) is 0 Å². The summed E-state index contributed by atoms with van der Waals surface area (Å²) in [5.74, 6) is 0.460. The number of hydrogen-bond donors (Lipinski definition) is 1. The molecule has 2 unspecified atom stereocenters. The topological polar surface area (TPSA) is 55.2 Å². The van der Waals surface area contributed by atoms with E-state index in [1.165, 1.54) is 0 Å². The predicted molar refractivity (Wildman–Crippen MR) is 68.5 cm³/mol. The van der Waals surface area contributed by atoms with Crippen molar-refractivity contribution < 1.29 is 18.1 Å². The van der Waals surface area contributed by atoms with Gasteiger partial charge in [0.1, 0.15) is 5.69 Å². The highest BCUT2D eigenvalue weighted by molar-refractivity contribution is 5.64. The number of alkyl halides is 3. The minimum atomic E-state index is -4.58. The fraction of sp³-hybridized carbons (Fsp3) is 0.538. The van der Waals surface area contributed by atoms with Crippen LogP contribution in [0.2, 0.25) is 0 Å². The van der Waals surface area contributed by atoms with Gasteiger partial charge < -0.3 is 5.32 Å². The summed E-state index contributed by atoms with van der Waals surface area (Å²) >= 11 is 0. The number of nitro benzene ring substituents is 1. The molecule has 0 amide bonds. The first-order chi connectivity index (χ1) is 9.32. The molecule has 4 nitrogen and oxygen atoms in total. The molecule has 1 fully saturated rings. The van der Waals surface area contributed by atoms with Gasteiger partial charge in [-0.3, -0.25) is 10.1 Å². The molecule has 0 saturated heterocycles. The van der Waals surface area contributed by atoms with Crippen molar-refractivity contribution in [2.45, 2.75) is 38.4 Å². The van der Waals surface area contributed by atoms with Crippen LogP contribution in [0.3, 0.4) is 0 Å². The Labute approximate surface area is 114 Å². The van der Waals surface area contributed by atoms with E-state index < -0.39 is 22.4 Å². The molecule has 0 bridgehead atoms. The molecule has 0 heterocycles. The number of benzene rings is 1. The van der Waals surface area contributed by atoms with Gasteiger partial charge in [-0.25, -0.2) is 0 Å². The average molecular weight is 288 g/mol. The van der Waals surface area contributed by atoms with Crippen molar-refractivity contribution in [2.24, 2.45) is 5.92 Å². The molecular weight excluding hydrogens is 273 g/mol. The summed E-state index contributed by atoms with van der Waals surface area (Å²) < 4.78 is 37.7. The Kier molecular flexibility index (Phi) is 3.87. The zero-order valence-electron chi connectivity index (χ0n) is 10.9. The monoisotopic (exact) mass is 288 g/mol. The summed E-state index contributed by atoms with van der Waals surface area (Å²) in [6.45, 7) is 2.05. The van der Waals surface area contributed by atoms with Crippen molar-refractivity contribution in [3.8, 4) is 0 Å². The third-order valence-corrected chi connectivity index (χ3v) is 3.44. The van der Waals surface area contributed by atoms with Crippen LogP contribution in [0.25, 0.3) is 0 Å². The molecule has 1 aromatic rings. The summed E-state index contributed by atoms with van der Waals surface area (Å²) in [5, 5.41) is 13.9. The Hall–Kier alpha value is -1.79. The molecule has 1 aliphatic rings. The number of nitrogens with zero attached hydrogens (tertiary/aromatic N) is 1. The van der Waals surface area contributed by atoms with Crippen LogP contribution in [0.15, 0.2) is 18.2 Å². The van der Waals surface area contributed by atoms with Crippen LogP contribution in [-0.4, -0.2) is 11.0 Å². The molecule has 7 heteroatoms. The van der Waals surface area contributed by atoms with Gasteiger partial charge in [0.05, 0.1) is 10.5 Å². The summed E-state index contributed by atoms with van der Waals surface area (Å²) in [6, 6.07) is 2.72. The highest BCUT2D eigenvalue weighted by Gasteiger charge is 2.38. The Morgan fingerprint density at radius 2 is 2.15 bits per heavy atom. The first-order valence-electron chi connectivity index (χ1n) is 6.45. The number of nitro groups is 1. The molecule has 20 heavy (non-hydrogen) atoms. The van der Waals surface area contributed by atoms with Crippen molar-refractivity contribution in [3.63, 3.8) is 0 Å². The van der Waals surface area contributed by atoms with E-state index in [0.717, 1.165) is 31.4 Å². The maximum absolute atomic E-state index is 12.6. The van der Waals surface area contributed by atoms with Gasteiger partial charge >= 0.3 is 6.18 Å². The molecule has 0 aromatic heterocycles. The fourth-order valence-electron chi connectivity index (χ4n) is 2.30. The van der Waals surface area contributed by atoms with E-state index in [1.54, 1.807) is 0 Å². The molecule has 1 aromatic carbocycles. The molecule has 110 valence electrons. The third-order valence-electron chi connectivity index (χ3n) is 3.44. The largest absolute Gasteiger partial charge is 0.416 e. The minimum Gasteiger partial charge on any atom is -0.376 e. The molecule has 0 aliphatic heterocycles.